The third-order valence-electron chi connectivity index (χ3n) is 5.30. The molecule has 0 radical (unpaired) electrons. The smallest absolute Gasteiger partial charge is 0.158 e. The minimum absolute atomic E-state index is 0.0453. The minimum atomic E-state index is -0.323. The summed E-state index contributed by atoms with van der Waals surface area (Å²) in [6.07, 6.45) is 3.58. The van der Waals surface area contributed by atoms with Crippen molar-refractivity contribution in [2.24, 2.45) is 5.41 Å². The Labute approximate surface area is 172 Å². The summed E-state index contributed by atoms with van der Waals surface area (Å²) in [5.74, 6) is 0.309. The number of ether oxygens (including phenoxy) is 3. The second kappa shape index (κ2) is 9.70. The molecular formula is C24H31FO4. The molecule has 1 saturated heterocycles. The van der Waals surface area contributed by atoms with E-state index < -0.39 is 0 Å². The number of hydrogen-bond acceptors (Lipinski definition) is 4. The average Bonchev–Trinajstić information content (AvgIpc) is 2.73. The number of aliphatic hydroxyl groups excluding tert-OH is 1. The third kappa shape index (κ3) is 5.78. The Morgan fingerprint density at radius 1 is 1.14 bits per heavy atom. The molecular weight excluding hydrogens is 371 g/mol. The van der Waals surface area contributed by atoms with Gasteiger partial charge in [-0.15, -0.1) is 0 Å². The van der Waals surface area contributed by atoms with Crippen LogP contribution in [0.25, 0.3) is 11.1 Å². The van der Waals surface area contributed by atoms with Crippen molar-refractivity contribution < 1.29 is 23.7 Å². The van der Waals surface area contributed by atoms with Crippen LogP contribution in [0.3, 0.4) is 0 Å². The Morgan fingerprint density at radius 2 is 1.97 bits per heavy atom. The molecule has 29 heavy (non-hydrogen) atoms. The third-order valence-corrected chi connectivity index (χ3v) is 5.30. The lowest BCUT2D eigenvalue weighted by atomic mass is 9.83. The van der Waals surface area contributed by atoms with E-state index in [0.29, 0.717) is 24.3 Å². The van der Waals surface area contributed by atoms with Crippen LogP contribution in [0.5, 0.6) is 5.75 Å². The van der Waals surface area contributed by atoms with Gasteiger partial charge in [0.1, 0.15) is 11.6 Å². The Morgan fingerprint density at radius 3 is 2.66 bits per heavy atom. The average molecular weight is 403 g/mol. The van der Waals surface area contributed by atoms with Crippen LogP contribution in [0, 0.1) is 11.2 Å². The monoisotopic (exact) mass is 402 g/mol. The zero-order valence-corrected chi connectivity index (χ0v) is 17.5. The molecule has 1 aliphatic rings. The summed E-state index contributed by atoms with van der Waals surface area (Å²) in [5.41, 5.74) is 2.96. The molecule has 1 heterocycles. The van der Waals surface area contributed by atoms with E-state index in [1.807, 2.05) is 26.0 Å². The molecule has 1 aliphatic heterocycles. The number of halogens is 1. The lowest BCUT2D eigenvalue weighted by Gasteiger charge is -2.25. The summed E-state index contributed by atoms with van der Waals surface area (Å²) in [6, 6.07) is 10.7. The van der Waals surface area contributed by atoms with Crippen LogP contribution in [-0.2, 0) is 22.5 Å². The quantitative estimate of drug-likeness (QED) is 0.667. The fraction of sp³-hybridized carbons (Fsp3) is 0.500. The zero-order chi connectivity index (χ0) is 20.9. The highest BCUT2D eigenvalue weighted by atomic mass is 19.1. The lowest BCUT2D eigenvalue weighted by Crippen LogP contribution is -2.22. The highest BCUT2D eigenvalue weighted by Crippen LogP contribution is 2.34. The van der Waals surface area contributed by atoms with Crippen molar-refractivity contribution in [3.05, 3.63) is 53.3 Å². The predicted octanol–water partition coefficient (Wildman–Crippen LogP) is 5.11. The first-order valence-corrected chi connectivity index (χ1v) is 10.2. The number of rotatable bonds is 8. The molecule has 0 saturated carbocycles. The van der Waals surface area contributed by atoms with Crippen LogP contribution in [0.2, 0.25) is 0 Å². The number of hydrogen-bond donors (Lipinski definition) is 1. The van der Waals surface area contributed by atoms with Crippen molar-refractivity contribution in [2.75, 3.05) is 20.3 Å². The van der Waals surface area contributed by atoms with E-state index in [-0.39, 0.29) is 24.1 Å². The van der Waals surface area contributed by atoms with Crippen LogP contribution in [0.1, 0.15) is 44.2 Å². The topological polar surface area (TPSA) is 47.9 Å². The van der Waals surface area contributed by atoms with E-state index in [1.165, 1.54) is 6.07 Å². The molecule has 1 N–H and O–H groups in total. The molecule has 1 unspecified atom stereocenters. The molecule has 0 aromatic heterocycles. The van der Waals surface area contributed by atoms with Crippen molar-refractivity contribution in [3.8, 4) is 16.9 Å². The van der Waals surface area contributed by atoms with Crippen molar-refractivity contribution in [2.45, 2.75) is 52.4 Å². The van der Waals surface area contributed by atoms with Gasteiger partial charge in [0.15, 0.2) is 6.29 Å². The molecule has 4 nitrogen and oxygen atoms in total. The van der Waals surface area contributed by atoms with E-state index in [4.69, 9.17) is 14.2 Å². The van der Waals surface area contributed by atoms with Gasteiger partial charge < -0.3 is 19.3 Å². The van der Waals surface area contributed by atoms with Gasteiger partial charge in [0.2, 0.25) is 0 Å². The Kier molecular flexibility index (Phi) is 7.28. The lowest BCUT2D eigenvalue weighted by molar-refractivity contribution is -0.168. The normalized spacial score (nSPS) is 17.3. The first-order chi connectivity index (χ1) is 13.9. The highest BCUT2D eigenvalue weighted by Gasteiger charge is 2.22. The fourth-order valence-electron chi connectivity index (χ4n) is 3.59. The van der Waals surface area contributed by atoms with Crippen molar-refractivity contribution in [1.29, 1.82) is 0 Å². The maximum atomic E-state index is 14.6. The van der Waals surface area contributed by atoms with Crippen molar-refractivity contribution in [3.63, 3.8) is 0 Å². The maximum Gasteiger partial charge on any atom is 0.158 e. The SMILES string of the molecule is COc1ccc(F)c(-c2ccc(COC3CCCCO3)cc2CC(C)(C)CO)c1. The molecule has 158 valence electrons. The Hall–Kier alpha value is -1.95. The number of methoxy groups -OCH3 is 1. The van der Waals surface area contributed by atoms with E-state index in [9.17, 15) is 9.50 Å². The van der Waals surface area contributed by atoms with Gasteiger partial charge in [-0.2, -0.15) is 0 Å². The molecule has 0 amide bonds. The maximum absolute atomic E-state index is 14.6. The second-order valence-electron chi connectivity index (χ2n) is 8.44. The van der Waals surface area contributed by atoms with Crippen LogP contribution in [0.15, 0.2) is 36.4 Å². The zero-order valence-electron chi connectivity index (χ0n) is 17.5. The minimum Gasteiger partial charge on any atom is -0.497 e. The predicted molar refractivity (Wildman–Crippen MR) is 111 cm³/mol. The van der Waals surface area contributed by atoms with Gasteiger partial charge in [-0.05, 0) is 66.0 Å². The van der Waals surface area contributed by atoms with Gasteiger partial charge in [0.05, 0.1) is 13.7 Å². The van der Waals surface area contributed by atoms with E-state index in [0.717, 1.165) is 42.6 Å². The first kappa shape index (κ1) is 21.8. The number of aliphatic hydroxyl groups is 1. The second-order valence-corrected chi connectivity index (χ2v) is 8.44. The van der Waals surface area contributed by atoms with Crippen LogP contribution in [0.4, 0.5) is 4.39 Å². The van der Waals surface area contributed by atoms with E-state index in [1.54, 1.807) is 19.2 Å². The van der Waals surface area contributed by atoms with Gasteiger partial charge in [-0.3, -0.25) is 0 Å². The summed E-state index contributed by atoms with van der Waals surface area (Å²) in [6.45, 7) is 5.23. The van der Waals surface area contributed by atoms with Crippen LogP contribution >= 0.6 is 0 Å². The molecule has 0 aliphatic carbocycles. The summed E-state index contributed by atoms with van der Waals surface area (Å²) in [5, 5.41) is 9.76. The molecule has 0 spiro atoms. The van der Waals surface area contributed by atoms with Gasteiger partial charge in [0, 0.05) is 18.8 Å². The van der Waals surface area contributed by atoms with Gasteiger partial charge in [0.25, 0.3) is 0 Å². The van der Waals surface area contributed by atoms with Crippen molar-refractivity contribution in [1.82, 2.24) is 0 Å². The molecule has 1 fully saturated rings. The van der Waals surface area contributed by atoms with Gasteiger partial charge >= 0.3 is 0 Å². The molecule has 2 aromatic rings. The van der Waals surface area contributed by atoms with Crippen molar-refractivity contribution >= 4 is 0 Å². The summed E-state index contributed by atoms with van der Waals surface area (Å²) in [7, 11) is 1.57. The van der Waals surface area contributed by atoms with E-state index >= 15 is 0 Å². The number of benzene rings is 2. The van der Waals surface area contributed by atoms with Gasteiger partial charge in [-0.25, -0.2) is 4.39 Å². The Bertz CT molecular complexity index is 813. The standard InChI is InChI=1S/C24H31FO4/c1-24(2,16-26)14-18-12-17(15-29-23-6-4-5-11-28-23)7-9-20(18)21-13-19(27-3)8-10-22(21)25/h7-10,12-13,23,26H,4-6,11,14-16H2,1-3H3. The largest absolute Gasteiger partial charge is 0.497 e. The summed E-state index contributed by atoms with van der Waals surface area (Å²) < 4.78 is 31.5. The molecule has 0 bridgehead atoms. The summed E-state index contributed by atoms with van der Waals surface area (Å²) >= 11 is 0. The first-order valence-electron chi connectivity index (χ1n) is 10.2. The summed E-state index contributed by atoms with van der Waals surface area (Å²) in [4.78, 5) is 0. The van der Waals surface area contributed by atoms with Gasteiger partial charge in [-0.1, -0.05) is 32.0 Å². The fourth-order valence-corrected chi connectivity index (χ4v) is 3.59. The van der Waals surface area contributed by atoms with Crippen LogP contribution < -0.4 is 4.74 Å². The highest BCUT2D eigenvalue weighted by molar-refractivity contribution is 5.70. The van der Waals surface area contributed by atoms with E-state index in [2.05, 4.69) is 6.07 Å². The Balaban J connectivity index is 1.90. The molecule has 1 atom stereocenters. The molecule has 2 aromatic carbocycles. The molecule has 5 heteroatoms. The van der Waals surface area contributed by atoms with Crippen LogP contribution in [-0.4, -0.2) is 31.7 Å². The molecule has 3 rings (SSSR count).